The number of ether oxygens (including phenoxy) is 1. The normalized spacial score (nSPS) is 19.2. The van der Waals surface area contributed by atoms with Crippen molar-refractivity contribution in [3.63, 3.8) is 0 Å². The van der Waals surface area contributed by atoms with Crippen molar-refractivity contribution < 1.29 is 64.9 Å². The van der Waals surface area contributed by atoms with Gasteiger partial charge in [-0.3, -0.25) is 19.2 Å². The molecule has 2 atom stereocenters. The van der Waals surface area contributed by atoms with Crippen molar-refractivity contribution in [2.45, 2.75) is 115 Å². The summed E-state index contributed by atoms with van der Waals surface area (Å²) in [5.74, 6) is -3.53. The largest absolute Gasteiger partial charge is 0.497 e. The average molecular weight is 1240 g/mol. The molecule has 2 N–H and O–H groups in total. The molecule has 4 aliphatic rings. The molecule has 4 amide bonds. The van der Waals surface area contributed by atoms with Crippen molar-refractivity contribution in [2.24, 2.45) is 22.7 Å². The van der Waals surface area contributed by atoms with Crippen molar-refractivity contribution in [1.82, 2.24) is 19.6 Å². The molecule has 0 bridgehead atoms. The average Bonchev–Trinajstić information content (AvgIpc) is 0.957. The van der Waals surface area contributed by atoms with Gasteiger partial charge in [-0.15, -0.1) is 0 Å². The van der Waals surface area contributed by atoms with E-state index in [1.54, 1.807) is 46.4 Å². The summed E-state index contributed by atoms with van der Waals surface area (Å²) in [5, 5.41) is 22.5. The maximum atomic E-state index is 14.2. The number of hydrogen-bond donors (Lipinski definition) is 2. The van der Waals surface area contributed by atoms with Gasteiger partial charge < -0.3 is 44.3 Å². The van der Waals surface area contributed by atoms with E-state index in [9.17, 15) is 60.1 Å². The number of likely N-dealkylation sites (tertiary alicyclic amines) is 2. The van der Waals surface area contributed by atoms with Gasteiger partial charge in [0.15, 0.2) is 0 Å². The quantitative estimate of drug-likeness (QED) is 0.118. The molecule has 0 saturated carbocycles. The highest BCUT2D eigenvalue weighted by Gasteiger charge is 2.64. The Morgan fingerprint density at radius 1 is 0.588 bits per heavy atom. The molecule has 85 heavy (non-hydrogen) atoms. The van der Waals surface area contributed by atoms with Crippen molar-refractivity contribution >= 4 is 58.2 Å². The van der Waals surface area contributed by atoms with Crippen LogP contribution in [-0.2, 0) is 27.2 Å². The topological polar surface area (TPSA) is 137 Å². The molecule has 0 radical (unpaired) electrons. The maximum absolute atomic E-state index is 14.2. The number of aliphatic hydroxyl groups is 2. The number of halogens is 9. The van der Waals surface area contributed by atoms with E-state index in [2.05, 4.69) is 23.6 Å². The molecule has 4 heterocycles. The standard InChI is InChI=1S/C32H41ClF3N3O3.C31H38ClF4N3O4/c1-5-22-7-6-8-24(19-22)31(42,32(34,35)36)29(41)39-17-13-30(2,14-18-39)21-23-11-15-38(16-12-23)25-9-10-26(27(33)20-25)28(40)37(3)4;1-29(19-20-7-11-38(12-8-20)23-5-6-25(26(32)18-23)27(40)37(2)3)9-13-39(14-10-29)28(41)30(42,31(34,35)36)21-15-22(33)17-24(16-21)43-4/h6-10,19-20,23,42H,5,11-18,21H2,1-4H3;5-6,15-18,20,42H,7-14,19H2,1-4H3/t31-;30-/m11/s1. The number of hydrogen-bond acceptors (Lipinski definition) is 9. The highest BCUT2D eigenvalue weighted by Crippen LogP contribution is 2.47. The monoisotopic (exact) mass is 1230 g/mol. The smallest absolute Gasteiger partial charge is 0.430 e. The maximum Gasteiger partial charge on any atom is 0.430 e. The number of carbonyl (C=O) groups is 4. The predicted octanol–water partition coefficient (Wildman–Crippen LogP) is 12.2. The molecule has 22 heteroatoms. The van der Waals surface area contributed by atoms with Gasteiger partial charge >= 0.3 is 12.4 Å². The lowest BCUT2D eigenvalue weighted by Gasteiger charge is -2.45. The summed E-state index contributed by atoms with van der Waals surface area (Å²) in [7, 11) is 7.88. The van der Waals surface area contributed by atoms with Gasteiger partial charge in [0.05, 0.1) is 28.3 Å². The molecule has 4 fully saturated rings. The van der Waals surface area contributed by atoms with Gasteiger partial charge in [-0.2, -0.15) is 26.3 Å². The number of amides is 4. The highest BCUT2D eigenvalue weighted by atomic mass is 35.5. The van der Waals surface area contributed by atoms with Crippen molar-refractivity contribution in [1.29, 1.82) is 0 Å². The van der Waals surface area contributed by atoms with Crippen LogP contribution in [0.4, 0.5) is 42.1 Å². The number of anilines is 2. The molecule has 8 rings (SSSR count). The second-order valence-electron chi connectivity index (χ2n) is 24.6. The molecule has 4 aliphatic heterocycles. The van der Waals surface area contributed by atoms with Crippen LogP contribution in [0, 0.1) is 28.5 Å². The molecule has 0 spiro atoms. The van der Waals surface area contributed by atoms with Crippen LogP contribution in [0.5, 0.6) is 5.75 Å². The SMILES string of the molecule is CCc1cccc([C@@](O)(C(=O)N2CCC(C)(CC3CCN(c4ccc(C(=O)N(C)C)c(Cl)c4)CC3)CC2)C(F)(F)F)c1.COc1cc(F)cc([C@@](O)(C(=O)N2CCC(C)(CC3CCN(c4ccc(C(=O)N(C)C)c(Cl)c4)CC3)CC2)C(F)(F)F)c1. The fourth-order valence-electron chi connectivity index (χ4n) is 12.5. The number of methoxy groups -OCH3 is 1. The fraction of sp³-hybridized carbons (Fsp3) is 0.556. The van der Waals surface area contributed by atoms with Crippen LogP contribution in [0.15, 0.2) is 78.9 Å². The van der Waals surface area contributed by atoms with Crippen molar-refractivity contribution in [3.8, 4) is 5.75 Å². The predicted molar refractivity (Wildman–Crippen MR) is 315 cm³/mol. The molecular weight excluding hydrogens is 1160 g/mol. The van der Waals surface area contributed by atoms with Crippen LogP contribution in [0.1, 0.15) is 122 Å². The minimum atomic E-state index is -5.37. The summed E-state index contributed by atoms with van der Waals surface area (Å²) in [4.78, 5) is 60.8. The summed E-state index contributed by atoms with van der Waals surface area (Å²) in [6.45, 7) is 9.81. The molecular formula is C63H79Cl2F7N6O7. The second-order valence-corrected chi connectivity index (χ2v) is 25.4. The first-order valence-corrected chi connectivity index (χ1v) is 29.7. The highest BCUT2D eigenvalue weighted by molar-refractivity contribution is 6.34. The lowest BCUT2D eigenvalue weighted by atomic mass is 9.71. The number of rotatable bonds is 14. The van der Waals surface area contributed by atoms with Gasteiger partial charge in [0.1, 0.15) is 11.6 Å². The zero-order chi connectivity index (χ0) is 62.6. The Kier molecular flexibility index (Phi) is 20.9. The minimum Gasteiger partial charge on any atom is -0.497 e. The van der Waals surface area contributed by atoms with E-state index in [1.807, 2.05) is 31.2 Å². The summed E-state index contributed by atoms with van der Waals surface area (Å²) >= 11 is 12.8. The minimum absolute atomic E-state index is 0.0511. The zero-order valence-electron chi connectivity index (χ0n) is 49.6. The molecule has 4 aromatic carbocycles. The third-order valence-corrected chi connectivity index (χ3v) is 18.6. The Morgan fingerprint density at radius 2 is 0.988 bits per heavy atom. The lowest BCUT2D eigenvalue weighted by molar-refractivity contribution is -0.263. The van der Waals surface area contributed by atoms with E-state index in [4.69, 9.17) is 27.9 Å². The molecule has 4 aromatic rings. The Balaban J connectivity index is 0.000000244. The molecule has 466 valence electrons. The molecule has 13 nitrogen and oxygen atoms in total. The number of benzene rings is 4. The van der Waals surface area contributed by atoms with Crippen LogP contribution in [0.3, 0.4) is 0 Å². The van der Waals surface area contributed by atoms with Crippen LogP contribution >= 0.6 is 23.2 Å². The Hall–Kier alpha value is -5.83. The number of carbonyl (C=O) groups excluding carboxylic acids is 4. The fourth-order valence-corrected chi connectivity index (χ4v) is 13.0. The van der Waals surface area contributed by atoms with Gasteiger partial charge in [0.25, 0.3) is 34.8 Å². The van der Waals surface area contributed by atoms with E-state index < -0.39 is 52.3 Å². The third-order valence-electron chi connectivity index (χ3n) is 17.9. The first kappa shape index (κ1) is 66.7. The number of piperidine rings is 4. The summed E-state index contributed by atoms with van der Waals surface area (Å²) in [6, 6.07) is 18.8. The first-order valence-electron chi connectivity index (χ1n) is 28.9. The van der Waals surface area contributed by atoms with Gasteiger partial charge in [0, 0.05) is 109 Å². The lowest BCUT2D eigenvalue weighted by Crippen LogP contribution is -2.57. The van der Waals surface area contributed by atoms with Crippen LogP contribution in [0.2, 0.25) is 10.0 Å². The Bertz CT molecular complexity index is 3020. The molecule has 4 saturated heterocycles. The number of aryl methyl sites for hydroxylation is 1. The Labute approximate surface area is 503 Å². The Morgan fingerprint density at radius 3 is 1.34 bits per heavy atom. The van der Waals surface area contributed by atoms with Gasteiger partial charge in [0.2, 0.25) is 0 Å². The van der Waals surface area contributed by atoms with E-state index in [0.717, 1.165) is 100 Å². The first-order chi connectivity index (χ1) is 39.8. The van der Waals surface area contributed by atoms with Crippen LogP contribution in [0.25, 0.3) is 0 Å². The van der Waals surface area contributed by atoms with Gasteiger partial charge in [-0.1, -0.05) is 68.2 Å². The number of nitrogens with zero attached hydrogens (tertiary/aromatic N) is 6. The molecule has 0 aromatic heterocycles. The van der Waals surface area contributed by atoms with Gasteiger partial charge in [-0.25, -0.2) is 4.39 Å². The molecule has 0 unspecified atom stereocenters. The van der Waals surface area contributed by atoms with E-state index >= 15 is 0 Å². The second kappa shape index (κ2) is 26.6. The van der Waals surface area contributed by atoms with E-state index in [0.29, 0.717) is 76.7 Å². The summed E-state index contributed by atoms with van der Waals surface area (Å²) in [6.07, 6.45) is -2.31. The van der Waals surface area contributed by atoms with E-state index in [1.165, 1.54) is 32.9 Å². The van der Waals surface area contributed by atoms with Crippen LogP contribution < -0.4 is 14.5 Å². The van der Waals surface area contributed by atoms with Gasteiger partial charge in [-0.05, 0) is 147 Å². The number of alkyl halides is 6. The van der Waals surface area contributed by atoms with E-state index in [-0.39, 0.29) is 54.6 Å². The zero-order valence-corrected chi connectivity index (χ0v) is 51.1. The van der Waals surface area contributed by atoms with Crippen molar-refractivity contribution in [2.75, 3.05) is 97.5 Å². The molecule has 0 aliphatic carbocycles. The third kappa shape index (κ3) is 15.0. The van der Waals surface area contributed by atoms with Crippen LogP contribution in [-0.4, -0.2) is 153 Å². The van der Waals surface area contributed by atoms with Crippen molar-refractivity contribution in [3.05, 3.63) is 123 Å². The summed E-state index contributed by atoms with van der Waals surface area (Å²) < 4.78 is 104. The summed E-state index contributed by atoms with van der Waals surface area (Å²) in [5.41, 5.74) is -5.61.